The fourth-order valence-electron chi connectivity index (χ4n) is 6.31. The summed E-state index contributed by atoms with van der Waals surface area (Å²) in [6.45, 7) is 9.23. The van der Waals surface area contributed by atoms with Crippen LogP contribution in [-0.4, -0.2) is 45.6 Å². The van der Waals surface area contributed by atoms with E-state index in [9.17, 15) is 15.0 Å². The second-order valence-corrected chi connectivity index (χ2v) is 9.06. The molecule has 0 aromatic heterocycles. The first-order valence-corrected chi connectivity index (χ1v) is 10.2. The first-order valence-electron chi connectivity index (χ1n) is 10.2. The molecule has 3 aliphatic carbocycles. The molecule has 5 heteroatoms. The molecule has 2 bridgehead atoms. The van der Waals surface area contributed by atoms with Gasteiger partial charge in [0.15, 0.2) is 0 Å². The fourth-order valence-corrected chi connectivity index (χ4v) is 6.31. The Labute approximate surface area is 159 Å². The van der Waals surface area contributed by atoms with Crippen LogP contribution in [0.5, 0.6) is 5.75 Å². The summed E-state index contributed by atoms with van der Waals surface area (Å²) in [4.78, 5) is 18.4. The second kappa shape index (κ2) is 5.80. The molecule has 5 rings (SSSR count). The summed E-state index contributed by atoms with van der Waals surface area (Å²) >= 11 is 0. The molecule has 27 heavy (non-hydrogen) atoms. The number of piperidine rings is 1. The van der Waals surface area contributed by atoms with Crippen LogP contribution in [0.1, 0.15) is 56.1 Å². The van der Waals surface area contributed by atoms with Crippen molar-refractivity contribution in [1.29, 1.82) is 0 Å². The number of carbonyl (C=O) groups is 1. The van der Waals surface area contributed by atoms with E-state index in [1.807, 2.05) is 6.07 Å². The van der Waals surface area contributed by atoms with E-state index in [1.165, 1.54) is 19.3 Å². The number of phenolic OH excluding ortho intramolecular Hbond substituents is 1. The van der Waals surface area contributed by atoms with Gasteiger partial charge in [0, 0.05) is 30.8 Å². The van der Waals surface area contributed by atoms with E-state index >= 15 is 0 Å². The van der Waals surface area contributed by atoms with Crippen molar-refractivity contribution in [1.82, 2.24) is 4.90 Å². The molecule has 142 valence electrons. The molecule has 1 aliphatic heterocycles. The highest BCUT2D eigenvalue weighted by Gasteiger charge is 2.65. The van der Waals surface area contributed by atoms with Gasteiger partial charge in [-0.05, 0) is 55.7 Å². The third kappa shape index (κ3) is 2.20. The van der Waals surface area contributed by atoms with Crippen LogP contribution >= 0.6 is 0 Å². The molecule has 1 aromatic carbocycles. The Hall–Kier alpha value is -1.90. The summed E-state index contributed by atoms with van der Waals surface area (Å²) in [6.07, 6.45) is 6.35. The molecule has 1 heterocycles. The number of likely N-dealkylation sites (tertiary alicyclic amines) is 1. The number of aromatic hydroxyl groups is 1. The number of ketones is 1. The summed E-state index contributed by atoms with van der Waals surface area (Å²) in [7, 11) is 0. The Kier molecular flexibility index (Phi) is 3.70. The molecule has 5 nitrogen and oxygen atoms in total. The van der Waals surface area contributed by atoms with Crippen molar-refractivity contribution in [2.45, 2.75) is 68.4 Å². The monoisotopic (exact) mass is 366 g/mol. The SMILES string of the molecule is [C-]#[N+]c1ccc2c(c1O)[C@]13CCN(CC4CCC4)[C@H](C2)[C@]1(O)CCC(=O)C3. The quantitative estimate of drug-likeness (QED) is 0.790. The van der Waals surface area contributed by atoms with Gasteiger partial charge in [-0.1, -0.05) is 18.6 Å². The fraction of sp³-hybridized carbons (Fsp3) is 0.636. The average molecular weight is 366 g/mol. The minimum absolute atomic E-state index is 0.00867. The Morgan fingerprint density at radius 2 is 2.11 bits per heavy atom. The highest BCUT2D eigenvalue weighted by atomic mass is 16.3. The van der Waals surface area contributed by atoms with Crippen LogP contribution in [0.2, 0.25) is 0 Å². The molecule has 4 aliphatic rings. The molecule has 0 radical (unpaired) electrons. The lowest BCUT2D eigenvalue weighted by molar-refractivity contribution is -0.175. The van der Waals surface area contributed by atoms with Gasteiger partial charge in [0.1, 0.15) is 11.5 Å². The number of hydrogen-bond acceptors (Lipinski definition) is 4. The van der Waals surface area contributed by atoms with Gasteiger partial charge < -0.3 is 10.2 Å². The van der Waals surface area contributed by atoms with Gasteiger partial charge in [0.05, 0.1) is 12.2 Å². The second-order valence-electron chi connectivity index (χ2n) is 9.06. The number of aliphatic hydroxyl groups is 1. The van der Waals surface area contributed by atoms with E-state index in [1.54, 1.807) is 6.07 Å². The highest BCUT2D eigenvalue weighted by molar-refractivity contribution is 5.83. The van der Waals surface area contributed by atoms with Gasteiger partial charge in [0.2, 0.25) is 5.69 Å². The topological polar surface area (TPSA) is 65.1 Å². The van der Waals surface area contributed by atoms with Crippen molar-refractivity contribution in [2.75, 3.05) is 13.1 Å². The predicted molar refractivity (Wildman–Crippen MR) is 101 cm³/mol. The van der Waals surface area contributed by atoms with Crippen molar-refractivity contribution in [3.8, 4) is 5.75 Å². The molecule has 0 amide bonds. The van der Waals surface area contributed by atoms with Crippen LogP contribution in [0.4, 0.5) is 5.69 Å². The Balaban J connectivity index is 1.66. The minimum atomic E-state index is -1.01. The molecule has 1 aromatic rings. The van der Waals surface area contributed by atoms with Gasteiger partial charge in [-0.3, -0.25) is 9.69 Å². The smallest absolute Gasteiger partial charge is 0.228 e. The molecule has 3 fully saturated rings. The zero-order chi connectivity index (χ0) is 18.8. The van der Waals surface area contributed by atoms with E-state index in [-0.39, 0.29) is 29.7 Å². The molecule has 2 N–H and O–H groups in total. The minimum Gasteiger partial charge on any atom is -0.519 e. The van der Waals surface area contributed by atoms with Crippen LogP contribution in [0, 0.1) is 12.5 Å². The van der Waals surface area contributed by atoms with Gasteiger partial charge in [-0.2, -0.15) is 0 Å². The van der Waals surface area contributed by atoms with E-state index in [0.717, 1.165) is 24.6 Å². The Bertz CT molecular complexity index is 856. The highest BCUT2D eigenvalue weighted by Crippen LogP contribution is 2.60. The third-order valence-corrected chi connectivity index (χ3v) is 7.90. The lowest BCUT2D eigenvalue weighted by atomic mass is 9.49. The van der Waals surface area contributed by atoms with Crippen molar-refractivity contribution in [3.63, 3.8) is 0 Å². The summed E-state index contributed by atoms with van der Waals surface area (Å²) in [5.74, 6) is 0.874. The van der Waals surface area contributed by atoms with E-state index in [0.29, 0.717) is 31.2 Å². The van der Waals surface area contributed by atoms with Crippen LogP contribution in [-0.2, 0) is 16.6 Å². The Morgan fingerprint density at radius 3 is 2.81 bits per heavy atom. The summed E-state index contributed by atoms with van der Waals surface area (Å²) in [6, 6.07) is 3.60. The molecule has 1 saturated heterocycles. The maximum absolute atomic E-state index is 12.5. The Morgan fingerprint density at radius 1 is 1.30 bits per heavy atom. The standard InChI is InChI=1S/C22H26N2O3/c1-23-17-6-5-15-11-18-22(27)8-7-16(25)12-21(22,19(15)20(17)26)9-10-24(18)13-14-3-2-4-14/h5-6,14,18,26-27H,2-4,7-13H2/t18-,21-,22-/m1/s1. The number of phenols is 1. The molecule has 0 unspecified atom stereocenters. The number of benzene rings is 1. The van der Waals surface area contributed by atoms with Crippen molar-refractivity contribution >= 4 is 11.5 Å². The summed E-state index contributed by atoms with van der Waals surface area (Å²) in [5, 5.41) is 22.9. The maximum Gasteiger partial charge on any atom is 0.228 e. The molecule has 0 spiro atoms. The predicted octanol–water partition coefficient (Wildman–Crippen LogP) is 3.10. The zero-order valence-electron chi connectivity index (χ0n) is 15.6. The first kappa shape index (κ1) is 17.2. The molecule has 3 atom stereocenters. The summed E-state index contributed by atoms with van der Waals surface area (Å²) < 4.78 is 0. The zero-order valence-corrected chi connectivity index (χ0v) is 15.6. The van der Waals surface area contributed by atoms with E-state index in [2.05, 4.69) is 9.74 Å². The number of carbonyl (C=O) groups excluding carboxylic acids is 1. The normalized spacial score (nSPS) is 35.7. The number of hydrogen-bond donors (Lipinski definition) is 2. The lowest BCUT2D eigenvalue weighted by Gasteiger charge is -2.64. The number of fused-ring (bicyclic) bond motifs is 1. The van der Waals surface area contributed by atoms with E-state index < -0.39 is 11.0 Å². The number of Topliss-reactive ketones (excluding diaryl/α,β-unsaturated/α-hetero) is 1. The lowest BCUT2D eigenvalue weighted by Crippen LogP contribution is -2.73. The van der Waals surface area contributed by atoms with Crippen LogP contribution in [0.3, 0.4) is 0 Å². The van der Waals surface area contributed by atoms with Crippen molar-refractivity contribution in [3.05, 3.63) is 34.7 Å². The molecular weight excluding hydrogens is 340 g/mol. The summed E-state index contributed by atoms with van der Waals surface area (Å²) in [5.41, 5.74) is 0.155. The molecular formula is C22H26N2O3. The van der Waals surface area contributed by atoms with Crippen molar-refractivity contribution in [2.24, 2.45) is 5.92 Å². The van der Waals surface area contributed by atoms with Gasteiger partial charge >= 0.3 is 0 Å². The van der Waals surface area contributed by atoms with Crippen molar-refractivity contribution < 1.29 is 15.0 Å². The third-order valence-electron chi connectivity index (χ3n) is 7.90. The van der Waals surface area contributed by atoms with Crippen LogP contribution < -0.4 is 0 Å². The largest absolute Gasteiger partial charge is 0.519 e. The maximum atomic E-state index is 12.5. The van der Waals surface area contributed by atoms with Gasteiger partial charge in [-0.15, -0.1) is 0 Å². The van der Waals surface area contributed by atoms with E-state index in [4.69, 9.17) is 6.57 Å². The number of nitrogens with zero attached hydrogens (tertiary/aromatic N) is 2. The average Bonchev–Trinajstić information content (AvgIpc) is 2.60. The van der Waals surface area contributed by atoms with Gasteiger partial charge in [0.25, 0.3) is 0 Å². The van der Waals surface area contributed by atoms with Crippen LogP contribution in [0.15, 0.2) is 12.1 Å². The van der Waals surface area contributed by atoms with Crippen LogP contribution in [0.25, 0.3) is 4.85 Å². The molecule has 2 saturated carbocycles. The van der Waals surface area contributed by atoms with Gasteiger partial charge in [-0.25, -0.2) is 4.85 Å². The first-order chi connectivity index (χ1) is 13.0. The number of rotatable bonds is 2.